The van der Waals surface area contributed by atoms with E-state index in [4.69, 9.17) is 11.5 Å². The number of aryl methyl sites for hydroxylation is 2. The molecule has 1 aromatic heterocycles. The van der Waals surface area contributed by atoms with Crippen molar-refractivity contribution in [1.82, 2.24) is 9.78 Å². The second-order valence-corrected chi connectivity index (χ2v) is 3.41. The molecule has 1 atom stereocenters. The fourth-order valence-corrected chi connectivity index (χ4v) is 1.26. The molecule has 5 N–H and O–H groups in total. The van der Waals surface area contributed by atoms with Crippen LogP contribution >= 0.6 is 0 Å². The SMILES string of the molecule is CCc1nn(C)cc1NCC(N)C(N)=O. The zero-order chi connectivity index (χ0) is 11.4. The van der Waals surface area contributed by atoms with Gasteiger partial charge in [0.15, 0.2) is 0 Å². The van der Waals surface area contributed by atoms with E-state index in [-0.39, 0.29) is 0 Å². The number of rotatable bonds is 5. The van der Waals surface area contributed by atoms with Crippen molar-refractivity contribution in [3.8, 4) is 0 Å². The fourth-order valence-electron chi connectivity index (χ4n) is 1.26. The van der Waals surface area contributed by atoms with E-state index in [0.29, 0.717) is 6.54 Å². The van der Waals surface area contributed by atoms with Crippen LogP contribution in [0, 0.1) is 0 Å². The first kappa shape index (κ1) is 11.5. The van der Waals surface area contributed by atoms with Crippen molar-refractivity contribution >= 4 is 11.6 Å². The molecule has 0 aliphatic heterocycles. The predicted octanol–water partition coefficient (Wildman–Crippen LogP) is -0.793. The van der Waals surface area contributed by atoms with Crippen molar-refractivity contribution in [2.75, 3.05) is 11.9 Å². The average Bonchev–Trinajstić information content (AvgIpc) is 2.55. The third kappa shape index (κ3) is 2.95. The monoisotopic (exact) mass is 211 g/mol. The van der Waals surface area contributed by atoms with Gasteiger partial charge < -0.3 is 16.8 Å². The lowest BCUT2D eigenvalue weighted by atomic mass is 10.2. The summed E-state index contributed by atoms with van der Waals surface area (Å²) in [6.45, 7) is 2.34. The summed E-state index contributed by atoms with van der Waals surface area (Å²) in [6.07, 6.45) is 2.68. The van der Waals surface area contributed by atoms with E-state index in [1.54, 1.807) is 4.68 Å². The molecule has 0 aliphatic carbocycles. The number of carbonyl (C=O) groups excluding carboxylic acids is 1. The molecule has 0 spiro atoms. The first-order valence-electron chi connectivity index (χ1n) is 4.85. The molecule has 1 heterocycles. The van der Waals surface area contributed by atoms with E-state index in [0.717, 1.165) is 17.8 Å². The normalized spacial score (nSPS) is 12.5. The largest absolute Gasteiger partial charge is 0.380 e. The van der Waals surface area contributed by atoms with Crippen LogP contribution in [0.25, 0.3) is 0 Å². The second-order valence-electron chi connectivity index (χ2n) is 3.41. The molecule has 1 aromatic rings. The van der Waals surface area contributed by atoms with Gasteiger partial charge in [0.25, 0.3) is 0 Å². The molecule has 0 aromatic carbocycles. The van der Waals surface area contributed by atoms with Gasteiger partial charge in [0.05, 0.1) is 11.4 Å². The van der Waals surface area contributed by atoms with Crippen LogP contribution in [-0.4, -0.2) is 28.3 Å². The Morgan fingerprint density at radius 3 is 2.93 bits per heavy atom. The Bertz CT molecular complexity index is 346. The van der Waals surface area contributed by atoms with E-state index in [1.807, 2.05) is 20.2 Å². The Kier molecular flexibility index (Phi) is 3.68. The van der Waals surface area contributed by atoms with E-state index in [1.165, 1.54) is 0 Å². The van der Waals surface area contributed by atoms with Gasteiger partial charge in [-0.1, -0.05) is 6.92 Å². The van der Waals surface area contributed by atoms with Crippen LogP contribution in [0.4, 0.5) is 5.69 Å². The maximum Gasteiger partial charge on any atom is 0.236 e. The lowest BCUT2D eigenvalue weighted by Crippen LogP contribution is -2.41. The smallest absolute Gasteiger partial charge is 0.236 e. The molecule has 0 bridgehead atoms. The molecule has 6 nitrogen and oxygen atoms in total. The van der Waals surface area contributed by atoms with Crippen molar-refractivity contribution < 1.29 is 4.79 Å². The Labute approximate surface area is 88.6 Å². The van der Waals surface area contributed by atoms with Gasteiger partial charge in [-0.2, -0.15) is 5.10 Å². The number of amides is 1. The lowest BCUT2D eigenvalue weighted by molar-refractivity contribution is -0.118. The number of primary amides is 1. The maximum absolute atomic E-state index is 10.7. The van der Waals surface area contributed by atoms with Crippen LogP contribution in [0.1, 0.15) is 12.6 Å². The van der Waals surface area contributed by atoms with Crippen molar-refractivity contribution in [1.29, 1.82) is 0 Å². The van der Waals surface area contributed by atoms with Gasteiger partial charge >= 0.3 is 0 Å². The van der Waals surface area contributed by atoms with Crippen molar-refractivity contribution in [3.63, 3.8) is 0 Å². The minimum atomic E-state index is -0.671. The van der Waals surface area contributed by atoms with Crippen LogP contribution in [0.5, 0.6) is 0 Å². The lowest BCUT2D eigenvalue weighted by Gasteiger charge is -2.09. The number of nitrogens with one attached hydrogen (secondary N) is 1. The molecular weight excluding hydrogens is 194 g/mol. The minimum absolute atomic E-state index is 0.327. The van der Waals surface area contributed by atoms with Crippen LogP contribution < -0.4 is 16.8 Å². The van der Waals surface area contributed by atoms with Crippen molar-refractivity contribution in [2.24, 2.45) is 18.5 Å². The first-order chi connectivity index (χ1) is 7.04. The molecule has 0 aliphatic rings. The Hall–Kier alpha value is -1.56. The summed E-state index contributed by atoms with van der Waals surface area (Å²) in [5.41, 5.74) is 12.4. The molecule has 0 saturated heterocycles. The summed E-state index contributed by atoms with van der Waals surface area (Å²) in [6, 6.07) is -0.671. The molecule has 0 saturated carbocycles. The highest BCUT2D eigenvalue weighted by Crippen LogP contribution is 2.12. The zero-order valence-electron chi connectivity index (χ0n) is 9.03. The van der Waals surface area contributed by atoms with Gasteiger partial charge in [-0.3, -0.25) is 9.48 Å². The van der Waals surface area contributed by atoms with Gasteiger partial charge in [0.1, 0.15) is 6.04 Å². The van der Waals surface area contributed by atoms with Crippen molar-refractivity contribution in [3.05, 3.63) is 11.9 Å². The Balaban J connectivity index is 2.60. The van der Waals surface area contributed by atoms with Crippen molar-refractivity contribution in [2.45, 2.75) is 19.4 Å². The number of carbonyl (C=O) groups is 1. The molecular formula is C9H17N5O. The molecule has 84 valence electrons. The zero-order valence-corrected chi connectivity index (χ0v) is 9.03. The second kappa shape index (κ2) is 4.79. The number of nitrogens with two attached hydrogens (primary N) is 2. The highest BCUT2D eigenvalue weighted by molar-refractivity contribution is 5.80. The van der Waals surface area contributed by atoms with Gasteiger partial charge in [-0.05, 0) is 6.42 Å². The predicted molar refractivity (Wildman–Crippen MR) is 58.2 cm³/mol. The van der Waals surface area contributed by atoms with Gasteiger partial charge in [0, 0.05) is 19.8 Å². The van der Waals surface area contributed by atoms with Gasteiger partial charge in [0.2, 0.25) is 5.91 Å². The summed E-state index contributed by atoms with van der Waals surface area (Å²) in [7, 11) is 1.85. The topological polar surface area (TPSA) is 99.0 Å². The molecule has 6 heteroatoms. The highest BCUT2D eigenvalue weighted by atomic mass is 16.1. The number of aromatic nitrogens is 2. The van der Waals surface area contributed by atoms with Crippen LogP contribution in [0.2, 0.25) is 0 Å². The van der Waals surface area contributed by atoms with Crippen LogP contribution in [0.15, 0.2) is 6.20 Å². The fraction of sp³-hybridized carbons (Fsp3) is 0.556. The number of anilines is 1. The summed E-state index contributed by atoms with van der Waals surface area (Å²) in [4.78, 5) is 10.7. The molecule has 0 fully saturated rings. The quantitative estimate of drug-likeness (QED) is 0.594. The van der Waals surface area contributed by atoms with E-state index >= 15 is 0 Å². The molecule has 1 amide bonds. The summed E-state index contributed by atoms with van der Waals surface area (Å²) in [5.74, 6) is -0.510. The Morgan fingerprint density at radius 2 is 2.40 bits per heavy atom. The number of hydrogen-bond acceptors (Lipinski definition) is 4. The Morgan fingerprint density at radius 1 is 1.73 bits per heavy atom. The molecule has 1 unspecified atom stereocenters. The van der Waals surface area contributed by atoms with Crippen LogP contribution in [0.3, 0.4) is 0 Å². The van der Waals surface area contributed by atoms with Crippen LogP contribution in [-0.2, 0) is 18.3 Å². The summed E-state index contributed by atoms with van der Waals surface area (Å²) < 4.78 is 1.72. The van der Waals surface area contributed by atoms with Gasteiger partial charge in [-0.15, -0.1) is 0 Å². The van der Waals surface area contributed by atoms with E-state index in [9.17, 15) is 4.79 Å². The standard InChI is InChI=1S/C9H17N5O/c1-3-7-8(5-14(2)13-7)12-4-6(10)9(11)15/h5-6,12H,3-4,10H2,1-2H3,(H2,11,15). The summed E-state index contributed by atoms with van der Waals surface area (Å²) >= 11 is 0. The molecule has 0 radical (unpaired) electrons. The van der Waals surface area contributed by atoms with E-state index in [2.05, 4.69) is 10.4 Å². The first-order valence-corrected chi connectivity index (χ1v) is 4.85. The van der Waals surface area contributed by atoms with Gasteiger partial charge in [-0.25, -0.2) is 0 Å². The van der Waals surface area contributed by atoms with E-state index < -0.39 is 11.9 Å². The molecule has 1 rings (SSSR count). The minimum Gasteiger partial charge on any atom is -0.380 e. The maximum atomic E-state index is 10.7. The third-order valence-corrected chi connectivity index (χ3v) is 2.12. The number of hydrogen-bond donors (Lipinski definition) is 3. The highest BCUT2D eigenvalue weighted by Gasteiger charge is 2.11. The molecule has 15 heavy (non-hydrogen) atoms. The average molecular weight is 211 g/mol. The number of nitrogens with zero attached hydrogens (tertiary/aromatic N) is 2. The summed E-state index contributed by atoms with van der Waals surface area (Å²) in [5, 5.41) is 7.31. The third-order valence-electron chi connectivity index (χ3n) is 2.12.